The summed E-state index contributed by atoms with van der Waals surface area (Å²) < 4.78 is 21.4. The van der Waals surface area contributed by atoms with Crippen molar-refractivity contribution in [1.82, 2.24) is 19.5 Å². The van der Waals surface area contributed by atoms with E-state index in [1.807, 2.05) is 13.8 Å². The number of imidazole rings is 1. The van der Waals surface area contributed by atoms with Crippen LogP contribution in [0.25, 0.3) is 5.69 Å². The van der Waals surface area contributed by atoms with Gasteiger partial charge < -0.3 is 9.72 Å². The summed E-state index contributed by atoms with van der Waals surface area (Å²) in [7, 11) is 0. The number of nitrogens with zero attached hydrogens (tertiary/aromatic N) is 2. The van der Waals surface area contributed by atoms with Gasteiger partial charge in [-0.1, -0.05) is 13.8 Å². The van der Waals surface area contributed by atoms with E-state index in [0.29, 0.717) is 11.4 Å². The van der Waals surface area contributed by atoms with Crippen LogP contribution < -0.4 is 10.3 Å². The third-order valence-corrected chi connectivity index (χ3v) is 3.59. The Hall–Kier alpha value is -2.74. The molecule has 124 valence electrons. The van der Waals surface area contributed by atoms with Gasteiger partial charge in [0.1, 0.15) is 11.6 Å². The van der Waals surface area contributed by atoms with Gasteiger partial charge in [-0.3, -0.25) is 14.3 Å². The average molecular weight is 346 g/mol. The Bertz CT molecular complexity index is 990. The van der Waals surface area contributed by atoms with Crippen LogP contribution in [0.3, 0.4) is 0 Å². The van der Waals surface area contributed by atoms with Crippen molar-refractivity contribution in [2.24, 2.45) is 0 Å². The Morgan fingerprint density at radius 2 is 2.12 bits per heavy atom. The molecule has 0 aliphatic rings. The second kappa shape index (κ2) is 6.40. The molecule has 0 spiro atoms. The first-order chi connectivity index (χ1) is 11.5. The minimum Gasteiger partial charge on any atom is -0.448 e. The second-order valence-corrected chi connectivity index (χ2v) is 5.87. The molecule has 3 rings (SSSR count). The number of benzene rings is 1. The number of hydrogen-bond acceptors (Lipinski definition) is 4. The standard InChI is InChI=1S/C16H15FN4O2S/c1-9(2)14-18-5-6-21(14)11-7-10(17)3-4-12(11)23-13-8-19-16(24)20-15(13)22/h3-9H,1-2H3,(H2,19,20,22,24). The lowest BCUT2D eigenvalue weighted by molar-refractivity contribution is 0.466. The van der Waals surface area contributed by atoms with E-state index in [1.54, 1.807) is 17.0 Å². The van der Waals surface area contributed by atoms with Crippen LogP contribution in [0.15, 0.2) is 41.6 Å². The molecule has 2 heterocycles. The van der Waals surface area contributed by atoms with Gasteiger partial charge in [-0.15, -0.1) is 0 Å². The Labute approximate surface area is 142 Å². The summed E-state index contributed by atoms with van der Waals surface area (Å²) in [5.41, 5.74) is -0.0122. The van der Waals surface area contributed by atoms with E-state index in [0.717, 1.165) is 5.82 Å². The van der Waals surface area contributed by atoms with E-state index in [-0.39, 0.29) is 16.4 Å². The van der Waals surface area contributed by atoms with Crippen molar-refractivity contribution in [3.63, 3.8) is 0 Å². The molecule has 6 nitrogen and oxygen atoms in total. The first-order valence-corrected chi connectivity index (χ1v) is 7.69. The molecule has 0 aliphatic heterocycles. The van der Waals surface area contributed by atoms with Gasteiger partial charge in [-0.05, 0) is 24.4 Å². The quantitative estimate of drug-likeness (QED) is 0.707. The highest BCUT2D eigenvalue weighted by atomic mass is 32.1. The van der Waals surface area contributed by atoms with Crippen LogP contribution in [0.1, 0.15) is 25.6 Å². The molecule has 8 heteroatoms. The van der Waals surface area contributed by atoms with Gasteiger partial charge in [0.05, 0.1) is 11.9 Å². The molecule has 0 unspecified atom stereocenters. The van der Waals surface area contributed by atoms with Crippen LogP contribution in [0.4, 0.5) is 4.39 Å². The minimum absolute atomic E-state index is 0.0303. The molecular formula is C16H15FN4O2S. The Morgan fingerprint density at radius 1 is 1.33 bits per heavy atom. The lowest BCUT2D eigenvalue weighted by Crippen LogP contribution is -2.11. The number of aromatic nitrogens is 4. The van der Waals surface area contributed by atoms with Gasteiger partial charge in [0, 0.05) is 24.4 Å². The van der Waals surface area contributed by atoms with Crippen LogP contribution >= 0.6 is 12.2 Å². The van der Waals surface area contributed by atoms with Gasteiger partial charge in [0.15, 0.2) is 10.5 Å². The number of hydrogen-bond donors (Lipinski definition) is 2. The third kappa shape index (κ3) is 3.13. The van der Waals surface area contributed by atoms with Crippen molar-refractivity contribution in [3.05, 3.63) is 63.6 Å². The monoisotopic (exact) mass is 346 g/mol. The van der Waals surface area contributed by atoms with E-state index in [2.05, 4.69) is 15.0 Å². The van der Waals surface area contributed by atoms with Crippen LogP contribution in [0.5, 0.6) is 11.5 Å². The average Bonchev–Trinajstić information content (AvgIpc) is 3.01. The highest BCUT2D eigenvalue weighted by Crippen LogP contribution is 2.29. The molecule has 0 atom stereocenters. The molecule has 0 aliphatic carbocycles. The van der Waals surface area contributed by atoms with Gasteiger partial charge in [0.2, 0.25) is 5.75 Å². The second-order valence-electron chi connectivity index (χ2n) is 5.46. The molecule has 1 aromatic carbocycles. The number of nitrogens with one attached hydrogen (secondary N) is 2. The fourth-order valence-corrected chi connectivity index (χ4v) is 2.45. The molecule has 0 saturated carbocycles. The van der Waals surface area contributed by atoms with Gasteiger partial charge in [-0.25, -0.2) is 9.37 Å². The maximum atomic E-state index is 13.8. The van der Waals surface area contributed by atoms with Gasteiger partial charge in [0.25, 0.3) is 5.56 Å². The number of H-pyrrole nitrogens is 2. The van der Waals surface area contributed by atoms with Crippen molar-refractivity contribution in [3.8, 4) is 17.2 Å². The van der Waals surface area contributed by atoms with E-state index < -0.39 is 11.4 Å². The predicted octanol–water partition coefficient (Wildman–Crippen LogP) is 3.67. The molecule has 0 saturated heterocycles. The Morgan fingerprint density at radius 3 is 2.83 bits per heavy atom. The van der Waals surface area contributed by atoms with Crippen LogP contribution in [-0.4, -0.2) is 19.5 Å². The molecular weight excluding hydrogens is 331 g/mol. The minimum atomic E-state index is -0.469. The maximum Gasteiger partial charge on any atom is 0.294 e. The Kier molecular flexibility index (Phi) is 4.30. The zero-order chi connectivity index (χ0) is 17.3. The highest BCUT2D eigenvalue weighted by molar-refractivity contribution is 7.71. The lowest BCUT2D eigenvalue weighted by atomic mass is 10.2. The van der Waals surface area contributed by atoms with E-state index >= 15 is 0 Å². The number of aromatic amines is 2. The lowest BCUT2D eigenvalue weighted by Gasteiger charge is -2.15. The number of halogens is 1. The molecule has 3 aromatic rings. The van der Waals surface area contributed by atoms with Crippen LogP contribution in [0.2, 0.25) is 0 Å². The van der Waals surface area contributed by atoms with Crippen molar-refractivity contribution in [2.45, 2.75) is 19.8 Å². The normalized spacial score (nSPS) is 11.0. The molecule has 0 radical (unpaired) electrons. The van der Waals surface area contributed by atoms with Crippen molar-refractivity contribution in [2.75, 3.05) is 0 Å². The van der Waals surface area contributed by atoms with E-state index in [1.165, 1.54) is 24.4 Å². The SMILES string of the molecule is CC(C)c1nccn1-c1cc(F)ccc1Oc1c[nH]c(=S)[nH]c1=O. The van der Waals surface area contributed by atoms with Crippen LogP contribution in [-0.2, 0) is 0 Å². The maximum absolute atomic E-state index is 13.8. The van der Waals surface area contributed by atoms with E-state index in [9.17, 15) is 9.18 Å². The number of rotatable bonds is 4. The summed E-state index contributed by atoms with van der Waals surface area (Å²) in [5, 5.41) is 0. The summed E-state index contributed by atoms with van der Waals surface area (Å²) in [6.07, 6.45) is 4.72. The topological polar surface area (TPSA) is 75.7 Å². The predicted molar refractivity (Wildman–Crippen MR) is 89.9 cm³/mol. The summed E-state index contributed by atoms with van der Waals surface area (Å²) in [5.74, 6) is 0.830. The number of ether oxygens (including phenoxy) is 1. The fourth-order valence-electron chi connectivity index (χ4n) is 2.30. The first-order valence-electron chi connectivity index (χ1n) is 7.28. The Balaban J connectivity index is 2.11. The fraction of sp³-hybridized carbons (Fsp3) is 0.188. The smallest absolute Gasteiger partial charge is 0.294 e. The summed E-state index contributed by atoms with van der Waals surface area (Å²) in [4.78, 5) is 21.4. The zero-order valence-electron chi connectivity index (χ0n) is 13.0. The van der Waals surface area contributed by atoms with Crippen LogP contribution in [0, 0.1) is 10.6 Å². The highest BCUT2D eigenvalue weighted by Gasteiger charge is 2.15. The summed E-state index contributed by atoms with van der Waals surface area (Å²) in [6, 6.07) is 4.07. The molecule has 24 heavy (non-hydrogen) atoms. The molecule has 0 bridgehead atoms. The largest absolute Gasteiger partial charge is 0.448 e. The molecule has 0 fully saturated rings. The van der Waals surface area contributed by atoms with Crippen molar-refractivity contribution >= 4 is 12.2 Å². The molecule has 2 N–H and O–H groups in total. The first kappa shape index (κ1) is 16.1. The van der Waals surface area contributed by atoms with Crippen molar-refractivity contribution < 1.29 is 9.13 Å². The van der Waals surface area contributed by atoms with Crippen molar-refractivity contribution in [1.29, 1.82) is 0 Å². The molecule has 2 aromatic heterocycles. The third-order valence-electron chi connectivity index (χ3n) is 3.37. The molecule has 0 amide bonds. The summed E-state index contributed by atoms with van der Waals surface area (Å²) >= 11 is 4.85. The van der Waals surface area contributed by atoms with Gasteiger partial charge in [-0.2, -0.15) is 0 Å². The van der Waals surface area contributed by atoms with E-state index in [4.69, 9.17) is 17.0 Å². The van der Waals surface area contributed by atoms with Gasteiger partial charge >= 0.3 is 0 Å². The summed E-state index contributed by atoms with van der Waals surface area (Å²) in [6.45, 7) is 3.97. The zero-order valence-corrected chi connectivity index (χ0v) is 13.9.